The minimum atomic E-state index is -0.183. The van der Waals surface area contributed by atoms with Gasteiger partial charge in [-0.15, -0.1) is 0 Å². The Morgan fingerprint density at radius 2 is 1.69 bits per heavy atom. The van der Waals surface area contributed by atoms with E-state index in [1.807, 2.05) is 12.1 Å². The second-order valence-electron chi connectivity index (χ2n) is 8.45. The van der Waals surface area contributed by atoms with E-state index in [4.69, 9.17) is 9.47 Å². The molecule has 0 aliphatic carbocycles. The van der Waals surface area contributed by atoms with E-state index >= 15 is 0 Å². The summed E-state index contributed by atoms with van der Waals surface area (Å²) in [7, 11) is 3.28. The van der Waals surface area contributed by atoms with Gasteiger partial charge < -0.3 is 19.3 Å². The molecule has 0 spiro atoms. The van der Waals surface area contributed by atoms with Crippen LogP contribution in [0.15, 0.2) is 53.3 Å². The molecule has 0 saturated carbocycles. The summed E-state index contributed by atoms with van der Waals surface area (Å²) in [6.07, 6.45) is 0.769. The Hall–Kier alpha value is -3.32. The Kier molecular flexibility index (Phi) is 5.57. The number of piperazine rings is 1. The van der Waals surface area contributed by atoms with Crippen LogP contribution in [0.4, 0.5) is 5.82 Å². The summed E-state index contributed by atoms with van der Waals surface area (Å²) in [5.74, 6) is 2.15. The molecule has 2 aliphatic heterocycles. The van der Waals surface area contributed by atoms with Crippen LogP contribution < -0.4 is 25.0 Å². The number of aromatic nitrogens is 2. The van der Waals surface area contributed by atoms with Crippen molar-refractivity contribution in [3.8, 4) is 22.8 Å². The molecule has 7 nitrogen and oxygen atoms in total. The van der Waals surface area contributed by atoms with Gasteiger partial charge in [0.15, 0.2) is 11.5 Å². The number of hydrogen-bond acceptors (Lipinski definition) is 5. The summed E-state index contributed by atoms with van der Waals surface area (Å²) in [4.78, 5) is 21.1. The number of hydrogen-bond donors (Lipinski definition) is 1. The maximum atomic E-state index is 12.9. The van der Waals surface area contributed by atoms with Gasteiger partial charge in [0, 0.05) is 23.7 Å². The van der Waals surface area contributed by atoms with E-state index < -0.39 is 0 Å². The summed E-state index contributed by atoms with van der Waals surface area (Å²) in [5, 5.41) is 0. The largest absolute Gasteiger partial charge is 0.493 e. The van der Waals surface area contributed by atoms with Gasteiger partial charge in [-0.2, -0.15) is 4.98 Å². The average Bonchev–Trinajstić information content (AvgIpc) is 2.84. The van der Waals surface area contributed by atoms with Crippen LogP contribution in [0.3, 0.4) is 0 Å². The highest BCUT2D eigenvalue weighted by Crippen LogP contribution is 2.38. The topological polar surface area (TPSA) is 61.0 Å². The molecule has 5 rings (SSSR count). The Bertz CT molecular complexity index is 1170. The number of nitrogens with one attached hydrogen (secondary N) is 1. The molecule has 0 radical (unpaired) electrons. The fraction of sp³-hybridized carbons (Fsp3) is 0.360. The van der Waals surface area contributed by atoms with Crippen molar-refractivity contribution in [3.05, 3.63) is 70.1 Å². The third-order valence-corrected chi connectivity index (χ3v) is 6.58. The molecule has 7 heteroatoms. The second-order valence-corrected chi connectivity index (χ2v) is 8.45. The standard InChI is InChI=1S/C25H28N4O3/c1-31-22-14-19-8-9-29-21(20(19)15-23(22)32-2)16-24(26-25(29)30)28-12-10-27(11-13-28)17-18-6-4-3-5-7-18/h3-7,14-16H,8-13,17H2,1-2H3/p+1. The molecule has 3 aromatic rings. The first kappa shape index (κ1) is 20.6. The zero-order valence-corrected chi connectivity index (χ0v) is 18.6. The van der Waals surface area contributed by atoms with Crippen molar-refractivity contribution in [1.29, 1.82) is 0 Å². The zero-order chi connectivity index (χ0) is 22.1. The molecule has 2 aromatic carbocycles. The zero-order valence-electron chi connectivity index (χ0n) is 18.6. The number of rotatable bonds is 5. The van der Waals surface area contributed by atoms with Crippen LogP contribution in [0.1, 0.15) is 11.1 Å². The van der Waals surface area contributed by atoms with E-state index in [0.717, 1.165) is 61.8 Å². The Balaban J connectivity index is 1.40. The number of ether oxygens (including phenoxy) is 2. The van der Waals surface area contributed by atoms with Crippen LogP contribution in [0.5, 0.6) is 11.5 Å². The van der Waals surface area contributed by atoms with Crippen LogP contribution in [0.2, 0.25) is 0 Å². The summed E-state index contributed by atoms with van der Waals surface area (Å²) < 4.78 is 12.8. The minimum absolute atomic E-state index is 0.183. The number of benzene rings is 2. The molecule has 0 atom stereocenters. The molecule has 32 heavy (non-hydrogen) atoms. The maximum Gasteiger partial charge on any atom is 0.350 e. The minimum Gasteiger partial charge on any atom is -0.493 e. The van der Waals surface area contributed by atoms with Crippen LogP contribution in [-0.2, 0) is 19.5 Å². The highest BCUT2D eigenvalue weighted by molar-refractivity contribution is 5.72. The number of quaternary nitrogens is 1. The second kappa shape index (κ2) is 8.67. The molecular formula is C25H29N4O3+. The van der Waals surface area contributed by atoms with Crippen molar-refractivity contribution in [2.75, 3.05) is 45.3 Å². The Morgan fingerprint density at radius 1 is 0.969 bits per heavy atom. The smallest absolute Gasteiger partial charge is 0.350 e. The fourth-order valence-electron chi connectivity index (χ4n) is 4.81. The molecule has 1 fully saturated rings. The molecule has 1 saturated heterocycles. The van der Waals surface area contributed by atoms with Gasteiger partial charge >= 0.3 is 5.69 Å². The van der Waals surface area contributed by atoms with Gasteiger partial charge in [0.25, 0.3) is 0 Å². The van der Waals surface area contributed by atoms with Crippen LogP contribution in [-0.4, -0.2) is 49.9 Å². The van der Waals surface area contributed by atoms with Gasteiger partial charge in [-0.25, -0.2) is 4.79 Å². The number of anilines is 1. The molecular weight excluding hydrogens is 404 g/mol. The highest BCUT2D eigenvalue weighted by atomic mass is 16.5. The lowest BCUT2D eigenvalue weighted by molar-refractivity contribution is -0.914. The summed E-state index contributed by atoms with van der Waals surface area (Å²) >= 11 is 0. The van der Waals surface area contributed by atoms with E-state index in [-0.39, 0.29) is 5.69 Å². The van der Waals surface area contributed by atoms with Gasteiger partial charge in [0.1, 0.15) is 12.4 Å². The molecule has 1 N–H and O–H groups in total. The van der Waals surface area contributed by atoms with Crippen molar-refractivity contribution >= 4 is 5.82 Å². The summed E-state index contributed by atoms with van der Waals surface area (Å²) in [6, 6.07) is 16.7. The van der Waals surface area contributed by atoms with Crippen molar-refractivity contribution in [3.63, 3.8) is 0 Å². The maximum absolute atomic E-state index is 12.9. The molecule has 0 unspecified atom stereocenters. The van der Waals surface area contributed by atoms with Crippen molar-refractivity contribution in [1.82, 2.24) is 9.55 Å². The molecule has 2 aliphatic rings. The Morgan fingerprint density at radius 3 is 2.41 bits per heavy atom. The number of methoxy groups -OCH3 is 2. The van der Waals surface area contributed by atoms with E-state index in [2.05, 4.69) is 46.3 Å². The lowest BCUT2D eigenvalue weighted by Gasteiger charge is -2.33. The molecule has 3 heterocycles. The van der Waals surface area contributed by atoms with E-state index in [0.29, 0.717) is 18.0 Å². The predicted molar refractivity (Wildman–Crippen MR) is 124 cm³/mol. The van der Waals surface area contributed by atoms with Crippen molar-refractivity contribution in [2.45, 2.75) is 19.5 Å². The van der Waals surface area contributed by atoms with Crippen LogP contribution in [0, 0.1) is 0 Å². The SMILES string of the molecule is COc1cc2c(cc1OC)-c1cc(N3CC[NH+](Cc4ccccc4)CC3)nc(=O)n1CC2. The average molecular weight is 434 g/mol. The number of fused-ring (bicyclic) bond motifs is 3. The van der Waals surface area contributed by atoms with Crippen LogP contribution >= 0.6 is 0 Å². The van der Waals surface area contributed by atoms with Crippen molar-refractivity contribution < 1.29 is 14.4 Å². The van der Waals surface area contributed by atoms with Crippen molar-refractivity contribution in [2.24, 2.45) is 0 Å². The molecule has 0 amide bonds. The lowest BCUT2D eigenvalue weighted by atomic mass is 9.96. The van der Waals surface area contributed by atoms with Gasteiger partial charge in [-0.3, -0.25) is 4.57 Å². The van der Waals surface area contributed by atoms with E-state index in [9.17, 15) is 4.79 Å². The van der Waals surface area contributed by atoms with Gasteiger partial charge in [0.05, 0.1) is 46.1 Å². The third-order valence-electron chi connectivity index (χ3n) is 6.58. The van der Waals surface area contributed by atoms with Gasteiger partial charge in [-0.1, -0.05) is 30.3 Å². The first-order valence-corrected chi connectivity index (χ1v) is 11.2. The first-order chi connectivity index (χ1) is 15.7. The van der Waals surface area contributed by atoms with E-state index in [1.165, 1.54) is 5.56 Å². The number of nitrogens with zero attached hydrogens (tertiary/aromatic N) is 3. The lowest BCUT2D eigenvalue weighted by Crippen LogP contribution is -3.13. The number of aryl methyl sites for hydroxylation is 1. The fourth-order valence-corrected chi connectivity index (χ4v) is 4.81. The molecule has 0 bridgehead atoms. The van der Waals surface area contributed by atoms with E-state index in [1.54, 1.807) is 23.7 Å². The van der Waals surface area contributed by atoms with Gasteiger partial charge in [0.2, 0.25) is 0 Å². The molecule has 1 aromatic heterocycles. The normalized spacial score (nSPS) is 15.8. The predicted octanol–water partition coefficient (Wildman–Crippen LogP) is 1.39. The van der Waals surface area contributed by atoms with Gasteiger partial charge in [-0.05, 0) is 24.1 Å². The quantitative estimate of drug-likeness (QED) is 0.659. The first-order valence-electron chi connectivity index (χ1n) is 11.2. The monoisotopic (exact) mass is 433 g/mol. The van der Waals surface area contributed by atoms with Crippen LogP contribution in [0.25, 0.3) is 11.3 Å². The Labute approximate surface area is 187 Å². The summed E-state index contributed by atoms with van der Waals surface area (Å²) in [5.41, 5.74) is 4.26. The third kappa shape index (κ3) is 3.84. The summed E-state index contributed by atoms with van der Waals surface area (Å²) in [6.45, 7) is 5.48. The molecule has 166 valence electrons. The highest BCUT2D eigenvalue weighted by Gasteiger charge is 2.25.